The first-order valence-electron chi connectivity index (χ1n) is 6.96. The van der Waals surface area contributed by atoms with Crippen LogP contribution >= 0.6 is 0 Å². The van der Waals surface area contributed by atoms with Crippen LogP contribution in [0, 0.1) is 18.6 Å². The number of nitrogens with one attached hydrogen (secondary N) is 1. The van der Waals surface area contributed by atoms with Crippen LogP contribution in [0.4, 0.5) is 14.6 Å². The number of aromatic nitrogens is 1. The van der Waals surface area contributed by atoms with Crippen molar-refractivity contribution in [1.29, 1.82) is 0 Å². The Morgan fingerprint density at radius 1 is 1.26 bits per heavy atom. The molecule has 0 radical (unpaired) electrons. The molecule has 2 heterocycles. The number of anilines is 1. The Bertz CT molecular complexity index is 772. The van der Waals surface area contributed by atoms with Crippen molar-refractivity contribution in [2.45, 2.75) is 19.4 Å². The molecule has 23 heavy (non-hydrogen) atoms. The molecule has 2 aromatic rings. The van der Waals surface area contributed by atoms with E-state index in [1.165, 1.54) is 6.07 Å². The molecule has 0 fully saturated rings. The lowest BCUT2D eigenvalue weighted by Crippen LogP contribution is -2.29. The number of hydrogen-bond donors (Lipinski definition) is 1. The molecule has 1 N–H and O–H groups in total. The van der Waals surface area contributed by atoms with Gasteiger partial charge in [-0.25, -0.2) is 13.8 Å². The predicted molar refractivity (Wildman–Crippen MR) is 80.0 cm³/mol. The van der Waals surface area contributed by atoms with Crippen molar-refractivity contribution in [1.82, 2.24) is 4.98 Å². The smallest absolute Gasteiger partial charge is 0.269 e. The average Bonchev–Trinajstić information content (AvgIpc) is 2.99. The molecular weight excluding hydrogens is 304 g/mol. The van der Waals surface area contributed by atoms with E-state index in [1.807, 2.05) is 0 Å². The van der Waals surface area contributed by atoms with Gasteiger partial charge in [-0.1, -0.05) is 17.3 Å². The monoisotopic (exact) mass is 317 g/mol. The van der Waals surface area contributed by atoms with Gasteiger partial charge >= 0.3 is 0 Å². The number of amides is 1. The highest BCUT2D eigenvalue weighted by molar-refractivity contribution is 6.06. The second kappa shape index (κ2) is 6.12. The van der Waals surface area contributed by atoms with Gasteiger partial charge in [0.1, 0.15) is 17.5 Å². The Morgan fingerprint density at radius 2 is 2.00 bits per heavy atom. The van der Waals surface area contributed by atoms with E-state index in [2.05, 4.69) is 15.5 Å². The van der Waals surface area contributed by atoms with E-state index in [9.17, 15) is 13.6 Å². The van der Waals surface area contributed by atoms with E-state index in [0.717, 1.165) is 17.7 Å². The molecule has 3 rings (SSSR count). The van der Waals surface area contributed by atoms with Crippen molar-refractivity contribution in [2.75, 3.05) is 5.32 Å². The van der Waals surface area contributed by atoms with Crippen LogP contribution in [0.3, 0.4) is 0 Å². The van der Waals surface area contributed by atoms with Crippen molar-refractivity contribution in [3.05, 3.63) is 59.3 Å². The highest BCUT2D eigenvalue weighted by Crippen LogP contribution is 2.22. The van der Waals surface area contributed by atoms with Gasteiger partial charge in [-0.05, 0) is 30.7 Å². The van der Waals surface area contributed by atoms with Gasteiger partial charge in [0.2, 0.25) is 6.10 Å². The second-order valence-corrected chi connectivity index (χ2v) is 5.09. The van der Waals surface area contributed by atoms with Crippen molar-refractivity contribution in [2.24, 2.45) is 5.16 Å². The SMILES string of the molecule is Cc1cccnc1NC(=O)C1CC(c2c(F)cccc2F)=NO1. The normalized spacial score (nSPS) is 16.7. The minimum Gasteiger partial charge on any atom is -0.382 e. The first kappa shape index (κ1) is 15.1. The minimum absolute atomic E-state index is 0.0183. The molecule has 7 heteroatoms. The second-order valence-electron chi connectivity index (χ2n) is 5.09. The van der Waals surface area contributed by atoms with Crippen LogP contribution < -0.4 is 5.32 Å². The highest BCUT2D eigenvalue weighted by atomic mass is 19.1. The summed E-state index contributed by atoms with van der Waals surface area (Å²) in [6.45, 7) is 1.80. The van der Waals surface area contributed by atoms with Gasteiger partial charge in [-0.15, -0.1) is 0 Å². The van der Waals surface area contributed by atoms with Crippen molar-refractivity contribution < 1.29 is 18.4 Å². The number of carbonyl (C=O) groups excluding carboxylic acids is 1. The van der Waals surface area contributed by atoms with Gasteiger partial charge < -0.3 is 10.2 Å². The van der Waals surface area contributed by atoms with E-state index in [0.29, 0.717) is 5.82 Å². The van der Waals surface area contributed by atoms with Crippen molar-refractivity contribution in [3.63, 3.8) is 0 Å². The molecule has 0 bridgehead atoms. The Balaban J connectivity index is 1.72. The summed E-state index contributed by atoms with van der Waals surface area (Å²) in [6.07, 6.45) is 0.579. The Morgan fingerprint density at radius 3 is 2.70 bits per heavy atom. The first-order valence-corrected chi connectivity index (χ1v) is 6.96. The van der Waals surface area contributed by atoms with Crippen LogP contribution in [0.5, 0.6) is 0 Å². The number of carbonyl (C=O) groups is 1. The summed E-state index contributed by atoms with van der Waals surface area (Å²) in [5, 5.41) is 6.27. The fourth-order valence-electron chi connectivity index (χ4n) is 2.25. The Kier molecular flexibility index (Phi) is 4.01. The fourth-order valence-corrected chi connectivity index (χ4v) is 2.25. The third kappa shape index (κ3) is 3.03. The molecule has 1 aromatic carbocycles. The number of benzene rings is 1. The van der Waals surface area contributed by atoms with Crippen molar-refractivity contribution in [3.8, 4) is 0 Å². The van der Waals surface area contributed by atoms with E-state index >= 15 is 0 Å². The van der Waals surface area contributed by atoms with Gasteiger partial charge in [0.05, 0.1) is 11.3 Å². The van der Waals surface area contributed by atoms with Crippen LogP contribution in [-0.4, -0.2) is 22.7 Å². The van der Waals surface area contributed by atoms with E-state index in [1.54, 1.807) is 25.3 Å². The first-order chi connectivity index (χ1) is 11.1. The van der Waals surface area contributed by atoms with Crippen LogP contribution in [0.2, 0.25) is 0 Å². The maximum atomic E-state index is 13.7. The number of aryl methyl sites for hydroxylation is 1. The quantitative estimate of drug-likeness (QED) is 0.947. The maximum absolute atomic E-state index is 13.7. The number of nitrogens with zero attached hydrogens (tertiary/aromatic N) is 2. The van der Waals surface area contributed by atoms with E-state index in [4.69, 9.17) is 4.84 Å². The Labute approximate surface area is 131 Å². The topological polar surface area (TPSA) is 63.6 Å². The lowest BCUT2D eigenvalue weighted by molar-refractivity contribution is -0.125. The lowest BCUT2D eigenvalue weighted by Gasteiger charge is -2.10. The summed E-state index contributed by atoms with van der Waals surface area (Å²) in [7, 11) is 0. The zero-order chi connectivity index (χ0) is 16.4. The van der Waals surface area contributed by atoms with Crippen LogP contribution in [0.1, 0.15) is 17.5 Å². The highest BCUT2D eigenvalue weighted by Gasteiger charge is 2.31. The molecule has 0 saturated carbocycles. The molecular formula is C16H13F2N3O2. The zero-order valence-corrected chi connectivity index (χ0v) is 12.2. The third-order valence-electron chi connectivity index (χ3n) is 3.46. The summed E-state index contributed by atoms with van der Waals surface area (Å²) in [5.74, 6) is -1.54. The number of hydrogen-bond acceptors (Lipinski definition) is 4. The van der Waals surface area contributed by atoms with Gasteiger partial charge in [-0.2, -0.15) is 0 Å². The maximum Gasteiger partial charge on any atom is 0.269 e. The minimum atomic E-state index is -0.953. The molecule has 1 unspecified atom stereocenters. The number of halogens is 2. The Hall–Kier alpha value is -2.83. The summed E-state index contributed by atoms with van der Waals surface area (Å²) < 4.78 is 27.5. The molecule has 1 aromatic heterocycles. The molecule has 1 aliphatic rings. The summed E-state index contributed by atoms with van der Waals surface area (Å²) >= 11 is 0. The summed E-state index contributed by atoms with van der Waals surface area (Å²) in [6, 6.07) is 7.07. The van der Waals surface area contributed by atoms with E-state index in [-0.39, 0.29) is 17.7 Å². The third-order valence-corrected chi connectivity index (χ3v) is 3.46. The molecule has 0 spiro atoms. The van der Waals surface area contributed by atoms with Crippen LogP contribution in [0.25, 0.3) is 0 Å². The van der Waals surface area contributed by atoms with Gasteiger partial charge in [0.25, 0.3) is 5.91 Å². The zero-order valence-electron chi connectivity index (χ0n) is 12.2. The van der Waals surface area contributed by atoms with Crippen LogP contribution in [-0.2, 0) is 9.63 Å². The molecule has 118 valence electrons. The number of pyridine rings is 1. The standard InChI is InChI=1S/C16H13F2N3O2/c1-9-4-3-7-19-15(9)20-16(22)13-8-12(21-23-13)14-10(17)5-2-6-11(14)18/h2-7,13H,8H2,1H3,(H,19,20,22). The fraction of sp³-hybridized carbons (Fsp3) is 0.188. The average molecular weight is 317 g/mol. The van der Waals surface area contributed by atoms with Gasteiger partial charge in [0.15, 0.2) is 0 Å². The predicted octanol–water partition coefficient (Wildman–Crippen LogP) is 2.80. The van der Waals surface area contributed by atoms with Gasteiger partial charge in [-0.3, -0.25) is 4.79 Å². The van der Waals surface area contributed by atoms with Gasteiger partial charge in [0, 0.05) is 12.6 Å². The molecule has 0 aliphatic carbocycles. The number of oxime groups is 1. The molecule has 0 saturated heterocycles. The summed E-state index contributed by atoms with van der Waals surface area (Å²) in [5.41, 5.74) is 0.593. The molecule has 1 aliphatic heterocycles. The van der Waals surface area contributed by atoms with Crippen molar-refractivity contribution >= 4 is 17.4 Å². The molecule has 5 nitrogen and oxygen atoms in total. The lowest BCUT2D eigenvalue weighted by atomic mass is 10.0. The largest absolute Gasteiger partial charge is 0.382 e. The molecule has 1 amide bonds. The summed E-state index contributed by atoms with van der Waals surface area (Å²) in [4.78, 5) is 21.2. The van der Waals surface area contributed by atoms with Crippen LogP contribution in [0.15, 0.2) is 41.7 Å². The molecule has 1 atom stereocenters. The van der Waals surface area contributed by atoms with E-state index < -0.39 is 23.6 Å². The number of rotatable bonds is 3.